The van der Waals surface area contributed by atoms with Gasteiger partial charge in [0.1, 0.15) is 0 Å². The third-order valence-electron chi connectivity index (χ3n) is 3.20. The van der Waals surface area contributed by atoms with Gasteiger partial charge in [0.15, 0.2) is 5.71 Å². The highest BCUT2D eigenvalue weighted by Gasteiger charge is 2.32. The molecule has 1 aliphatic heterocycles. The van der Waals surface area contributed by atoms with Crippen molar-refractivity contribution in [2.24, 2.45) is 5.16 Å². The summed E-state index contributed by atoms with van der Waals surface area (Å²) in [7, 11) is 0. The van der Waals surface area contributed by atoms with E-state index < -0.39 is 18.0 Å². The van der Waals surface area contributed by atoms with E-state index in [0.29, 0.717) is 5.69 Å². The Morgan fingerprint density at radius 1 is 1.33 bits per heavy atom. The first-order chi connectivity index (χ1) is 9.79. The van der Waals surface area contributed by atoms with Gasteiger partial charge in [-0.3, -0.25) is 4.79 Å². The quantitative estimate of drug-likeness (QED) is 0.892. The second kappa shape index (κ2) is 5.55. The zero-order chi connectivity index (χ0) is 15.6. The summed E-state index contributed by atoms with van der Waals surface area (Å²) in [6.45, 7) is 6.15. The highest BCUT2D eigenvalue weighted by atomic mass is 16.6. The van der Waals surface area contributed by atoms with Crippen molar-refractivity contribution >= 4 is 23.3 Å². The molecule has 0 saturated heterocycles. The van der Waals surface area contributed by atoms with Gasteiger partial charge in [0.05, 0.1) is 0 Å². The minimum atomic E-state index is -1.17. The SMILES string of the molecule is CC(C)(C)c1ccccc1NC(=O)C1CC(C(=O)O)=NO1. The molecule has 1 unspecified atom stereocenters. The van der Waals surface area contributed by atoms with E-state index in [9.17, 15) is 9.59 Å². The van der Waals surface area contributed by atoms with Gasteiger partial charge in [-0.25, -0.2) is 4.79 Å². The zero-order valence-corrected chi connectivity index (χ0v) is 12.2. The van der Waals surface area contributed by atoms with Crippen LogP contribution in [0.4, 0.5) is 5.69 Å². The Morgan fingerprint density at radius 2 is 2.00 bits per heavy atom. The van der Waals surface area contributed by atoms with Crippen molar-refractivity contribution in [2.75, 3.05) is 5.32 Å². The third kappa shape index (κ3) is 3.39. The van der Waals surface area contributed by atoms with Crippen LogP contribution in [0.25, 0.3) is 0 Å². The van der Waals surface area contributed by atoms with Crippen molar-refractivity contribution in [3.63, 3.8) is 0 Å². The Kier molecular flexibility index (Phi) is 3.97. The third-order valence-corrected chi connectivity index (χ3v) is 3.20. The normalized spacial score (nSPS) is 17.9. The summed E-state index contributed by atoms with van der Waals surface area (Å²) < 4.78 is 0. The lowest BCUT2D eigenvalue weighted by molar-refractivity contribution is -0.129. The van der Waals surface area contributed by atoms with Crippen molar-refractivity contribution in [1.82, 2.24) is 0 Å². The van der Waals surface area contributed by atoms with Crippen molar-refractivity contribution in [3.8, 4) is 0 Å². The van der Waals surface area contributed by atoms with E-state index in [1.807, 2.05) is 24.3 Å². The molecule has 1 aromatic rings. The second-order valence-electron chi connectivity index (χ2n) is 5.93. The van der Waals surface area contributed by atoms with E-state index in [1.54, 1.807) is 0 Å². The van der Waals surface area contributed by atoms with Crippen molar-refractivity contribution in [2.45, 2.75) is 38.7 Å². The zero-order valence-electron chi connectivity index (χ0n) is 12.2. The van der Waals surface area contributed by atoms with Gasteiger partial charge in [-0.05, 0) is 17.0 Å². The fourth-order valence-corrected chi connectivity index (χ4v) is 2.10. The smallest absolute Gasteiger partial charge is 0.353 e. The Bertz CT molecular complexity index is 602. The van der Waals surface area contributed by atoms with Gasteiger partial charge in [-0.15, -0.1) is 0 Å². The van der Waals surface area contributed by atoms with Crippen LogP contribution in [0.15, 0.2) is 29.4 Å². The van der Waals surface area contributed by atoms with E-state index in [4.69, 9.17) is 9.94 Å². The predicted molar refractivity (Wildman–Crippen MR) is 78.3 cm³/mol. The number of nitrogens with zero attached hydrogens (tertiary/aromatic N) is 1. The minimum Gasteiger partial charge on any atom is -0.477 e. The van der Waals surface area contributed by atoms with Crippen molar-refractivity contribution in [3.05, 3.63) is 29.8 Å². The Labute approximate surface area is 122 Å². The first-order valence-corrected chi connectivity index (χ1v) is 6.65. The molecule has 1 aliphatic rings. The summed E-state index contributed by atoms with van der Waals surface area (Å²) in [5.74, 6) is -1.56. The molecule has 112 valence electrons. The van der Waals surface area contributed by atoms with Gasteiger partial charge in [-0.2, -0.15) is 0 Å². The summed E-state index contributed by atoms with van der Waals surface area (Å²) in [6, 6.07) is 7.50. The molecule has 0 spiro atoms. The summed E-state index contributed by atoms with van der Waals surface area (Å²) in [5, 5.41) is 15.0. The largest absolute Gasteiger partial charge is 0.477 e. The first kappa shape index (κ1) is 15.0. The molecule has 6 nitrogen and oxygen atoms in total. The number of hydrogen-bond donors (Lipinski definition) is 2. The molecule has 21 heavy (non-hydrogen) atoms. The molecule has 2 N–H and O–H groups in total. The molecule has 0 aromatic heterocycles. The van der Waals surface area contributed by atoms with Gasteiger partial charge < -0.3 is 15.3 Å². The lowest BCUT2D eigenvalue weighted by atomic mass is 9.86. The molecule has 0 fully saturated rings. The van der Waals surface area contributed by atoms with Gasteiger partial charge in [-0.1, -0.05) is 44.1 Å². The van der Waals surface area contributed by atoms with Crippen LogP contribution in [-0.2, 0) is 19.8 Å². The summed E-state index contributed by atoms with van der Waals surface area (Å²) in [6.07, 6.45) is -0.928. The van der Waals surface area contributed by atoms with E-state index in [2.05, 4.69) is 31.2 Å². The van der Waals surface area contributed by atoms with E-state index in [0.717, 1.165) is 5.56 Å². The maximum Gasteiger partial charge on any atom is 0.353 e. The number of aliphatic carboxylic acids is 1. The molecule has 1 heterocycles. The lowest BCUT2D eigenvalue weighted by Crippen LogP contribution is -2.30. The summed E-state index contributed by atoms with van der Waals surface area (Å²) in [4.78, 5) is 27.8. The first-order valence-electron chi connectivity index (χ1n) is 6.65. The fraction of sp³-hybridized carbons (Fsp3) is 0.400. The Hall–Kier alpha value is -2.37. The summed E-state index contributed by atoms with van der Waals surface area (Å²) >= 11 is 0. The maximum atomic E-state index is 12.2. The number of para-hydroxylation sites is 1. The minimum absolute atomic E-state index is 0.0289. The molecule has 0 bridgehead atoms. The number of anilines is 1. The number of benzene rings is 1. The molecule has 0 radical (unpaired) electrons. The fourth-order valence-electron chi connectivity index (χ4n) is 2.10. The second-order valence-corrected chi connectivity index (χ2v) is 5.93. The van der Waals surface area contributed by atoms with Crippen LogP contribution in [0, 0.1) is 0 Å². The summed E-state index contributed by atoms with van der Waals surface area (Å²) in [5.41, 5.74) is 1.43. The Morgan fingerprint density at radius 3 is 2.57 bits per heavy atom. The average Bonchev–Trinajstić information content (AvgIpc) is 2.88. The van der Waals surface area contributed by atoms with Crippen LogP contribution in [-0.4, -0.2) is 28.8 Å². The number of oxime groups is 1. The van der Waals surface area contributed by atoms with Crippen LogP contribution in [0.2, 0.25) is 0 Å². The lowest BCUT2D eigenvalue weighted by Gasteiger charge is -2.23. The topological polar surface area (TPSA) is 88.0 Å². The number of amides is 1. The van der Waals surface area contributed by atoms with Crippen molar-refractivity contribution < 1.29 is 19.5 Å². The molecule has 2 rings (SSSR count). The number of rotatable bonds is 3. The molecule has 0 aliphatic carbocycles. The average molecular weight is 290 g/mol. The van der Waals surface area contributed by atoms with E-state index in [1.165, 1.54) is 0 Å². The number of nitrogens with one attached hydrogen (secondary N) is 1. The van der Waals surface area contributed by atoms with Crippen LogP contribution in [0.1, 0.15) is 32.8 Å². The number of carboxylic acid groups (broad SMARTS) is 1. The highest BCUT2D eigenvalue weighted by molar-refractivity contribution is 6.36. The van der Waals surface area contributed by atoms with Crippen LogP contribution >= 0.6 is 0 Å². The van der Waals surface area contributed by atoms with Gasteiger partial charge in [0, 0.05) is 12.1 Å². The maximum absolute atomic E-state index is 12.2. The van der Waals surface area contributed by atoms with Crippen molar-refractivity contribution in [1.29, 1.82) is 0 Å². The molecule has 1 aromatic carbocycles. The van der Waals surface area contributed by atoms with Gasteiger partial charge in [0.2, 0.25) is 6.10 Å². The van der Waals surface area contributed by atoms with Gasteiger partial charge in [0.25, 0.3) is 5.91 Å². The van der Waals surface area contributed by atoms with Crippen LogP contribution in [0.3, 0.4) is 0 Å². The molecule has 6 heteroatoms. The number of hydrogen-bond acceptors (Lipinski definition) is 4. The van der Waals surface area contributed by atoms with E-state index >= 15 is 0 Å². The standard InChI is InChI=1S/C15H18N2O4/c1-15(2,3)9-6-4-5-7-10(9)16-13(18)12-8-11(14(19)20)17-21-12/h4-7,12H,8H2,1-3H3,(H,16,18)(H,19,20). The molecule has 1 atom stereocenters. The predicted octanol–water partition coefficient (Wildman–Crippen LogP) is 2.15. The molecule has 0 saturated carbocycles. The Balaban J connectivity index is 2.10. The van der Waals surface area contributed by atoms with E-state index in [-0.39, 0.29) is 17.5 Å². The molecular formula is C15H18N2O4. The number of carbonyl (C=O) groups excluding carboxylic acids is 1. The highest BCUT2D eigenvalue weighted by Crippen LogP contribution is 2.29. The molecule has 1 amide bonds. The monoisotopic (exact) mass is 290 g/mol. The number of carboxylic acids is 1. The van der Waals surface area contributed by atoms with Crippen LogP contribution in [0.5, 0.6) is 0 Å². The number of carbonyl (C=O) groups is 2. The van der Waals surface area contributed by atoms with Gasteiger partial charge >= 0.3 is 5.97 Å². The van der Waals surface area contributed by atoms with Crippen LogP contribution < -0.4 is 5.32 Å². The molecular weight excluding hydrogens is 272 g/mol.